The topological polar surface area (TPSA) is 12.0 Å². The summed E-state index contributed by atoms with van der Waals surface area (Å²) < 4.78 is 0. The smallest absolute Gasteiger partial charge is 0.0207 e. The van der Waals surface area contributed by atoms with Gasteiger partial charge in [0.15, 0.2) is 0 Å². The Kier molecular flexibility index (Phi) is 6.38. The van der Waals surface area contributed by atoms with Gasteiger partial charge in [0, 0.05) is 23.2 Å². The Morgan fingerprint density at radius 3 is 2.47 bits per heavy atom. The van der Waals surface area contributed by atoms with Gasteiger partial charge in [-0.15, -0.1) is 11.8 Å². The van der Waals surface area contributed by atoms with Crippen molar-refractivity contribution in [1.82, 2.24) is 5.32 Å². The van der Waals surface area contributed by atoms with E-state index >= 15 is 0 Å². The van der Waals surface area contributed by atoms with Crippen molar-refractivity contribution in [2.24, 2.45) is 0 Å². The summed E-state index contributed by atoms with van der Waals surface area (Å²) >= 11 is 1.87. The van der Waals surface area contributed by atoms with Crippen molar-refractivity contribution in [3.8, 4) is 0 Å². The first-order valence-corrected chi connectivity index (χ1v) is 7.22. The van der Waals surface area contributed by atoms with Crippen molar-refractivity contribution in [2.45, 2.75) is 44.7 Å². The second kappa shape index (κ2) is 7.57. The summed E-state index contributed by atoms with van der Waals surface area (Å²) in [6, 6.07) is 9.34. The van der Waals surface area contributed by atoms with Crippen LogP contribution in [-0.4, -0.2) is 11.8 Å². The third-order valence-electron chi connectivity index (χ3n) is 2.58. The van der Waals surface area contributed by atoms with Crippen LogP contribution in [0, 0.1) is 0 Å². The molecule has 0 fully saturated rings. The van der Waals surface area contributed by atoms with E-state index in [9.17, 15) is 0 Å². The minimum Gasteiger partial charge on any atom is -0.310 e. The van der Waals surface area contributed by atoms with Crippen molar-refractivity contribution >= 4 is 11.8 Å². The summed E-state index contributed by atoms with van der Waals surface area (Å²) in [5.74, 6) is 1.03. The molecule has 1 N–H and O–H groups in total. The van der Waals surface area contributed by atoms with E-state index in [1.165, 1.54) is 16.0 Å². The molecular formula is C15H23NS. The van der Waals surface area contributed by atoms with Gasteiger partial charge >= 0.3 is 0 Å². The summed E-state index contributed by atoms with van der Waals surface area (Å²) in [6.45, 7) is 11.5. The normalized spacial score (nSPS) is 10.8. The summed E-state index contributed by atoms with van der Waals surface area (Å²) in [5.41, 5.74) is 2.65. The Morgan fingerprint density at radius 2 is 1.94 bits per heavy atom. The minimum absolute atomic E-state index is 0.539. The molecule has 0 aromatic heterocycles. The lowest BCUT2D eigenvalue weighted by molar-refractivity contribution is 0.588. The lowest BCUT2D eigenvalue weighted by Gasteiger charge is -2.08. The van der Waals surface area contributed by atoms with Gasteiger partial charge in [-0.2, -0.15) is 0 Å². The summed E-state index contributed by atoms with van der Waals surface area (Å²) in [5, 5.41) is 3.42. The van der Waals surface area contributed by atoms with Crippen LogP contribution in [0.1, 0.15) is 32.8 Å². The van der Waals surface area contributed by atoms with Gasteiger partial charge < -0.3 is 5.32 Å². The van der Waals surface area contributed by atoms with E-state index < -0.39 is 0 Å². The van der Waals surface area contributed by atoms with Crippen molar-refractivity contribution in [3.63, 3.8) is 0 Å². The zero-order chi connectivity index (χ0) is 12.7. The molecule has 0 amide bonds. The molecule has 17 heavy (non-hydrogen) atoms. The van der Waals surface area contributed by atoms with Gasteiger partial charge in [-0.1, -0.05) is 45.1 Å². The van der Waals surface area contributed by atoms with E-state index in [0.717, 1.165) is 18.7 Å². The van der Waals surface area contributed by atoms with E-state index in [1.54, 1.807) is 0 Å². The standard InChI is InChI=1S/C15H23NS/c1-5-13(4)11-17-15-8-6-14(7-9-15)10-16-12(2)3/h6-9,12,16H,4-5,10-11H2,1-3H3. The second-order valence-corrected chi connectivity index (χ2v) is 5.62. The first-order valence-electron chi connectivity index (χ1n) is 6.23. The maximum absolute atomic E-state index is 4.02. The van der Waals surface area contributed by atoms with Crippen molar-refractivity contribution in [2.75, 3.05) is 5.75 Å². The molecule has 1 aromatic rings. The van der Waals surface area contributed by atoms with Gasteiger partial charge in [0.05, 0.1) is 0 Å². The highest BCUT2D eigenvalue weighted by Crippen LogP contribution is 2.21. The number of benzene rings is 1. The zero-order valence-corrected chi connectivity index (χ0v) is 11.9. The maximum atomic E-state index is 4.02. The van der Waals surface area contributed by atoms with E-state index in [4.69, 9.17) is 0 Å². The first-order chi connectivity index (χ1) is 8.11. The fourth-order valence-electron chi connectivity index (χ4n) is 1.31. The molecule has 0 aliphatic rings. The predicted molar refractivity (Wildman–Crippen MR) is 78.6 cm³/mol. The molecule has 0 spiro atoms. The highest BCUT2D eigenvalue weighted by molar-refractivity contribution is 7.99. The Morgan fingerprint density at radius 1 is 1.29 bits per heavy atom. The molecule has 0 radical (unpaired) electrons. The van der Waals surface area contributed by atoms with Gasteiger partial charge in [0.2, 0.25) is 0 Å². The molecule has 2 heteroatoms. The van der Waals surface area contributed by atoms with Gasteiger partial charge in [0.25, 0.3) is 0 Å². The fraction of sp³-hybridized carbons (Fsp3) is 0.467. The molecule has 0 aliphatic heterocycles. The second-order valence-electron chi connectivity index (χ2n) is 4.57. The van der Waals surface area contributed by atoms with Crippen LogP contribution in [0.3, 0.4) is 0 Å². The maximum Gasteiger partial charge on any atom is 0.0207 e. The number of hydrogen-bond acceptors (Lipinski definition) is 2. The van der Waals surface area contributed by atoms with Crippen LogP contribution in [0.4, 0.5) is 0 Å². The van der Waals surface area contributed by atoms with Crippen LogP contribution in [0.25, 0.3) is 0 Å². The third-order valence-corrected chi connectivity index (χ3v) is 3.74. The highest BCUT2D eigenvalue weighted by Gasteiger charge is 1.98. The zero-order valence-electron chi connectivity index (χ0n) is 11.1. The fourth-order valence-corrected chi connectivity index (χ4v) is 2.22. The highest BCUT2D eigenvalue weighted by atomic mass is 32.2. The van der Waals surface area contributed by atoms with Gasteiger partial charge in [0.1, 0.15) is 0 Å². The van der Waals surface area contributed by atoms with Crippen LogP contribution >= 0.6 is 11.8 Å². The lowest BCUT2D eigenvalue weighted by atomic mass is 10.2. The molecule has 0 saturated carbocycles. The third kappa shape index (κ3) is 5.94. The average molecular weight is 249 g/mol. The van der Waals surface area contributed by atoms with Gasteiger partial charge in [-0.25, -0.2) is 0 Å². The Balaban J connectivity index is 2.42. The van der Waals surface area contributed by atoms with E-state index in [1.807, 2.05) is 11.8 Å². The monoisotopic (exact) mass is 249 g/mol. The van der Waals surface area contributed by atoms with Crippen LogP contribution in [-0.2, 0) is 6.54 Å². The minimum atomic E-state index is 0.539. The van der Waals surface area contributed by atoms with Crippen LogP contribution in [0.5, 0.6) is 0 Å². The lowest BCUT2D eigenvalue weighted by Crippen LogP contribution is -2.21. The first kappa shape index (κ1) is 14.3. The number of nitrogens with one attached hydrogen (secondary N) is 1. The van der Waals surface area contributed by atoms with E-state index in [2.05, 4.69) is 56.9 Å². The summed E-state index contributed by atoms with van der Waals surface area (Å²) in [4.78, 5) is 1.33. The van der Waals surface area contributed by atoms with E-state index in [-0.39, 0.29) is 0 Å². The molecule has 0 atom stereocenters. The molecule has 0 aliphatic carbocycles. The molecular weight excluding hydrogens is 226 g/mol. The largest absolute Gasteiger partial charge is 0.310 e. The Hall–Kier alpha value is -0.730. The molecule has 0 heterocycles. The molecule has 0 unspecified atom stereocenters. The van der Waals surface area contributed by atoms with Crippen molar-refractivity contribution in [1.29, 1.82) is 0 Å². The summed E-state index contributed by atoms with van der Waals surface area (Å²) in [7, 11) is 0. The van der Waals surface area contributed by atoms with Crippen molar-refractivity contribution in [3.05, 3.63) is 42.0 Å². The van der Waals surface area contributed by atoms with Crippen molar-refractivity contribution < 1.29 is 0 Å². The molecule has 0 bridgehead atoms. The molecule has 1 aromatic carbocycles. The molecule has 1 nitrogen and oxygen atoms in total. The number of rotatable bonds is 7. The van der Waals surface area contributed by atoms with Crippen LogP contribution in [0.15, 0.2) is 41.3 Å². The Bertz CT molecular complexity index is 340. The SMILES string of the molecule is C=C(CC)CSc1ccc(CNC(C)C)cc1. The quantitative estimate of drug-likeness (QED) is 0.573. The number of thioether (sulfide) groups is 1. The molecule has 0 saturated heterocycles. The number of hydrogen-bond donors (Lipinski definition) is 1. The van der Waals surface area contributed by atoms with Crippen LogP contribution < -0.4 is 5.32 Å². The summed E-state index contributed by atoms with van der Waals surface area (Å²) in [6.07, 6.45) is 1.07. The van der Waals surface area contributed by atoms with E-state index in [0.29, 0.717) is 6.04 Å². The van der Waals surface area contributed by atoms with Crippen LogP contribution in [0.2, 0.25) is 0 Å². The van der Waals surface area contributed by atoms with Gasteiger partial charge in [-0.3, -0.25) is 0 Å². The average Bonchev–Trinajstić information content (AvgIpc) is 2.34. The van der Waals surface area contributed by atoms with Gasteiger partial charge in [-0.05, 0) is 24.1 Å². The molecule has 1 rings (SSSR count). The predicted octanol–water partition coefficient (Wildman–Crippen LogP) is 4.24. The Labute approximate surface area is 110 Å². The molecule has 94 valence electrons.